The molecule has 2 heterocycles. The predicted molar refractivity (Wildman–Crippen MR) is 154 cm³/mol. The van der Waals surface area contributed by atoms with Crippen LogP contribution in [-0.4, -0.2) is 45.3 Å². The van der Waals surface area contributed by atoms with Gasteiger partial charge in [0, 0.05) is 23.6 Å². The molecule has 3 aromatic rings. The Hall–Kier alpha value is -3.85. The average Bonchev–Trinajstić information content (AvgIpc) is 3.48. The van der Waals surface area contributed by atoms with Crippen molar-refractivity contribution in [3.05, 3.63) is 83.7 Å². The molecule has 1 aliphatic carbocycles. The maximum absolute atomic E-state index is 13.0. The van der Waals surface area contributed by atoms with Crippen molar-refractivity contribution < 1.29 is 19.1 Å². The summed E-state index contributed by atoms with van der Waals surface area (Å²) in [5.74, 6) is 1.19. The Balaban J connectivity index is 1.33. The Morgan fingerprint density at radius 1 is 1.10 bits per heavy atom. The minimum atomic E-state index is -0.228. The number of thioether (sulfide) groups is 1. The summed E-state index contributed by atoms with van der Waals surface area (Å²) in [5.41, 5.74) is 3.83. The molecule has 2 amide bonds. The van der Waals surface area contributed by atoms with Crippen LogP contribution < -0.4 is 14.8 Å². The molecule has 1 aromatic heterocycles. The Morgan fingerprint density at radius 2 is 1.90 bits per heavy atom. The number of carbonyl (C=O) groups excluding carboxylic acids is 2. The van der Waals surface area contributed by atoms with Crippen molar-refractivity contribution in [2.24, 2.45) is 5.10 Å². The molecule has 1 fully saturated rings. The summed E-state index contributed by atoms with van der Waals surface area (Å²) in [6, 6.07) is 16.7. The van der Waals surface area contributed by atoms with E-state index >= 15 is 0 Å². The van der Waals surface area contributed by atoms with Crippen LogP contribution in [0.3, 0.4) is 0 Å². The number of aromatic nitrogens is 1. The summed E-state index contributed by atoms with van der Waals surface area (Å²) in [4.78, 5) is 29.4. The second-order valence-electron chi connectivity index (χ2n) is 9.61. The van der Waals surface area contributed by atoms with E-state index in [9.17, 15) is 9.59 Å². The molecule has 9 heteroatoms. The number of benzene rings is 2. The average molecular weight is 545 g/mol. The Morgan fingerprint density at radius 3 is 2.59 bits per heavy atom. The van der Waals surface area contributed by atoms with E-state index in [-0.39, 0.29) is 22.5 Å². The zero-order chi connectivity index (χ0) is 27.2. The third-order valence-electron chi connectivity index (χ3n) is 6.88. The highest BCUT2D eigenvalue weighted by molar-refractivity contribution is 8.14. The lowest BCUT2D eigenvalue weighted by atomic mass is 10.0. The van der Waals surface area contributed by atoms with Gasteiger partial charge < -0.3 is 14.8 Å². The number of carbonyl (C=O) groups is 2. The van der Waals surface area contributed by atoms with Crippen LogP contribution in [0.25, 0.3) is 0 Å². The highest BCUT2D eigenvalue weighted by Gasteiger charge is 2.31. The van der Waals surface area contributed by atoms with Gasteiger partial charge in [0.1, 0.15) is 0 Å². The van der Waals surface area contributed by atoms with Gasteiger partial charge in [0.05, 0.1) is 36.3 Å². The maximum atomic E-state index is 13.0. The first-order valence-electron chi connectivity index (χ1n) is 13.3. The summed E-state index contributed by atoms with van der Waals surface area (Å²) in [5, 5.41) is 9.07. The number of ether oxygens (including phenoxy) is 2. The van der Waals surface area contributed by atoms with E-state index in [0.717, 1.165) is 41.9 Å². The van der Waals surface area contributed by atoms with E-state index in [0.29, 0.717) is 23.5 Å². The maximum Gasteiger partial charge on any atom is 0.302 e. The molecular formula is C30H32N4O4S. The lowest BCUT2D eigenvalue weighted by Gasteiger charge is -2.29. The SMILES string of the molecule is CCC1SC(=O)N(Cc2ccc(NC(=O)c3cccnc3)cc2)N=C1c1ccc(OC)c(OC2CCCC2)c1. The molecule has 1 N–H and O–H groups in total. The fourth-order valence-corrected chi connectivity index (χ4v) is 5.71. The Kier molecular flexibility index (Phi) is 8.46. The quantitative estimate of drug-likeness (QED) is 0.330. The number of amides is 2. The van der Waals surface area contributed by atoms with Crippen molar-refractivity contribution >= 4 is 34.3 Å². The number of methoxy groups -OCH3 is 1. The molecular weight excluding hydrogens is 512 g/mol. The van der Waals surface area contributed by atoms with Crippen LogP contribution in [0, 0.1) is 0 Å². The van der Waals surface area contributed by atoms with Gasteiger partial charge in [0.15, 0.2) is 11.5 Å². The van der Waals surface area contributed by atoms with Gasteiger partial charge in [-0.3, -0.25) is 14.6 Å². The smallest absolute Gasteiger partial charge is 0.302 e. The number of nitrogens with one attached hydrogen (secondary N) is 1. The summed E-state index contributed by atoms with van der Waals surface area (Å²) in [6.07, 6.45) is 8.60. The predicted octanol–water partition coefficient (Wildman–Crippen LogP) is 6.52. The van der Waals surface area contributed by atoms with E-state index in [1.54, 1.807) is 25.4 Å². The highest BCUT2D eigenvalue weighted by atomic mass is 32.2. The first kappa shape index (κ1) is 26.7. The molecule has 0 bridgehead atoms. The summed E-state index contributed by atoms with van der Waals surface area (Å²) >= 11 is 1.30. The lowest BCUT2D eigenvalue weighted by Crippen LogP contribution is -2.34. The Bertz CT molecular complexity index is 1340. The number of pyridine rings is 1. The van der Waals surface area contributed by atoms with Gasteiger partial charge in [-0.25, -0.2) is 5.01 Å². The third-order valence-corrected chi connectivity index (χ3v) is 8.13. The van der Waals surface area contributed by atoms with Gasteiger partial charge in [-0.2, -0.15) is 5.10 Å². The van der Waals surface area contributed by atoms with Crippen molar-refractivity contribution in [2.45, 2.75) is 56.9 Å². The molecule has 202 valence electrons. The second-order valence-corrected chi connectivity index (χ2v) is 10.8. The summed E-state index contributed by atoms with van der Waals surface area (Å²) in [7, 11) is 1.65. The molecule has 1 atom stereocenters. The number of anilines is 1. The van der Waals surface area contributed by atoms with Crippen LogP contribution in [0.4, 0.5) is 10.5 Å². The summed E-state index contributed by atoms with van der Waals surface area (Å²) < 4.78 is 11.9. The van der Waals surface area contributed by atoms with Gasteiger partial charge in [0.25, 0.3) is 5.91 Å². The molecule has 5 rings (SSSR count). The van der Waals surface area contributed by atoms with Crippen molar-refractivity contribution in [1.29, 1.82) is 0 Å². The first-order valence-corrected chi connectivity index (χ1v) is 14.1. The largest absolute Gasteiger partial charge is 0.493 e. The summed E-state index contributed by atoms with van der Waals surface area (Å²) in [6.45, 7) is 2.39. The van der Waals surface area contributed by atoms with Gasteiger partial charge in [-0.1, -0.05) is 30.8 Å². The number of hydrogen-bond acceptors (Lipinski definition) is 7. The third kappa shape index (κ3) is 6.42. The molecule has 2 aliphatic rings. The highest BCUT2D eigenvalue weighted by Crippen LogP contribution is 2.36. The second kappa shape index (κ2) is 12.3. The fourth-order valence-electron chi connectivity index (χ4n) is 4.77. The van der Waals surface area contributed by atoms with Gasteiger partial charge in [-0.15, -0.1) is 0 Å². The van der Waals surface area contributed by atoms with Crippen molar-refractivity contribution in [3.8, 4) is 11.5 Å². The van der Waals surface area contributed by atoms with Crippen molar-refractivity contribution in [2.75, 3.05) is 12.4 Å². The van der Waals surface area contributed by atoms with Crippen LogP contribution in [0.15, 0.2) is 72.1 Å². The van der Waals surface area contributed by atoms with E-state index in [2.05, 4.69) is 17.2 Å². The van der Waals surface area contributed by atoms with Crippen molar-refractivity contribution in [1.82, 2.24) is 9.99 Å². The number of hydrazone groups is 1. The zero-order valence-electron chi connectivity index (χ0n) is 22.1. The zero-order valence-corrected chi connectivity index (χ0v) is 22.9. The Labute approximate surface area is 232 Å². The molecule has 1 unspecified atom stereocenters. The van der Waals surface area contributed by atoms with Crippen molar-refractivity contribution in [3.63, 3.8) is 0 Å². The monoisotopic (exact) mass is 544 g/mol. The normalized spacial score (nSPS) is 17.6. The van der Waals surface area contributed by atoms with Gasteiger partial charge in [-0.05, 0) is 80.1 Å². The minimum absolute atomic E-state index is 0.0495. The standard InChI is InChI=1S/C30H32N4O4S/c1-3-27-28(21-12-15-25(37-2)26(17-21)38-24-8-4-5-9-24)33-34(30(36)39-27)19-20-10-13-23(14-11-20)32-29(35)22-7-6-16-31-18-22/h6-7,10-18,24,27H,3-5,8-9,19H2,1-2H3,(H,32,35). The fraction of sp³-hybridized carbons (Fsp3) is 0.333. The van der Waals surface area contributed by atoms with E-state index in [1.807, 2.05) is 42.5 Å². The molecule has 0 spiro atoms. The number of hydrogen-bond donors (Lipinski definition) is 1. The van der Waals surface area contributed by atoms with Crippen LogP contribution in [0.1, 0.15) is 60.5 Å². The van der Waals surface area contributed by atoms with E-state index < -0.39 is 0 Å². The topological polar surface area (TPSA) is 93.1 Å². The molecule has 1 saturated carbocycles. The van der Waals surface area contributed by atoms with Crippen LogP contribution in [0.2, 0.25) is 0 Å². The van der Waals surface area contributed by atoms with Crippen LogP contribution >= 0.6 is 11.8 Å². The first-order chi connectivity index (χ1) is 19.0. The number of rotatable bonds is 9. The van der Waals surface area contributed by atoms with Crippen LogP contribution in [-0.2, 0) is 6.54 Å². The molecule has 0 saturated heterocycles. The molecule has 8 nitrogen and oxygen atoms in total. The van der Waals surface area contributed by atoms with E-state index in [1.165, 1.54) is 35.8 Å². The van der Waals surface area contributed by atoms with Crippen LogP contribution in [0.5, 0.6) is 11.5 Å². The molecule has 39 heavy (non-hydrogen) atoms. The van der Waals surface area contributed by atoms with Gasteiger partial charge >= 0.3 is 5.24 Å². The number of nitrogens with zero attached hydrogens (tertiary/aromatic N) is 3. The molecule has 2 aromatic carbocycles. The molecule has 0 radical (unpaired) electrons. The van der Waals surface area contributed by atoms with E-state index in [4.69, 9.17) is 14.6 Å². The molecule has 1 aliphatic heterocycles. The van der Waals surface area contributed by atoms with Gasteiger partial charge in [0.2, 0.25) is 0 Å². The minimum Gasteiger partial charge on any atom is -0.493 e. The lowest BCUT2D eigenvalue weighted by molar-refractivity contribution is 0.102.